The van der Waals surface area contributed by atoms with Gasteiger partial charge in [-0.2, -0.15) is 5.10 Å². The molecule has 0 atom stereocenters. The van der Waals surface area contributed by atoms with Gasteiger partial charge in [0.25, 0.3) is 0 Å². The maximum atomic E-state index is 6.60. The van der Waals surface area contributed by atoms with E-state index in [1.54, 1.807) is 0 Å². The molecule has 3 aromatic heterocycles. The van der Waals surface area contributed by atoms with E-state index in [-0.39, 0.29) is 5.41 Å². The van der Waals surface area contributed by atoms with Crippen molar-refractivity contribution in [1.82, 2.24) is 19.3 Å². The molecule has 7 rings (SSSR count). The first kappa shape index (κ1) is 30.5. The highest BCUT2D eigenvalue weighted by Crippen LogP contribution is 2.37. The van der Waals surface area contributed by atoms with Crippen molar-refractivity contribution in [3.63, 3.8) is 0 Å². The summed E-state index contributed by atoms with van der Waals surface area (Å²) in [6, 6.07) is 36.3. The molecule has 0 unspecified atom stereocenters. The predicted octanol–water partition coefficient (Wildman–Crippen LogP) is 10.8. The molecular formula is C42H42N4O. The van der Waals surface area contributed by atoms with E-state index in [2.05, 4.69) is 136 Å². The van der Waals surface area contributed by atoms with Gasteiger partial charge < -0.3 is 4.74 Å². The average molecular weight is 619 g/mol. The Morgan fingerprint density at radius 2 is 1.53 bits per heavy atom. The van der Waals surface area contributed by atoms with Crippen molar-refractivity contribution in [3.8, 4) is 34.1 Å². The number of benzene rings is 4. The Balaban J connectivity index is 1.31. The van der Waals surface area contributed by atoms with Crippen LogP contribution in [0.4, 0.5) is 0 Å². The Kier molecular flexibility index (Phi) is 7.93. The summed E-state index contributed by atoms with van der Waals surface area (Å²) in [7, 11) is 0. The van der Waals surface area contributed by atoms with Gasteiger partial charge in [-0.25, -0.2) is 9.67 Å². The highest BCUT2D eigenvalue weighted by Gasteiger charge is 2.20. The summed E-state index contributed by atoms with van der Waals surface area (Å²) in [6.07, 6.45) is 4.63. The number of fused-ring (bicyclic) bond motifs is 3. The lowest BCUT2D eigenvalue weighted by Crippen LogP contribution is -2.08. The summed E-state index contributed by atoms with van der Waals surface area (Å²) in [5.41, 5.74) is 10.7. The predicted molar refractivity (Wildman–Crippen MR) is 194 cm³/mol. The zero-order valence-corrected chi connectivity index (χ0v) is 28.2. The lowest BCUT2D eigenvalue weighted by Gasteiger charge is -2.18. The maximum absolute atomic E-state index is 6.60. The molecule has 0 saturated carbocycles. The van der Waals surface area contributed by atoms with Crippen molar-refractivity contribution in [2.75, 3.05) is 0 Å². The van der Waals surface area contributed by atoms with E-state index in [4.69, 9.17) is 14.8 Å². The Labute approximate surface area is 277 Å². The van der Waals surface area contributed by atoms with Gasteiger partial charge >= 0.3 is 0 Å². The molecule has 7 aromatic rings. The number of nitrogens with zero attached hydrogens (tertiary/aromatic N) is 4. The highest BCUT2D eigenvalue weighted by molar-refractivity contribution is 6.09. The lowest BCUT2D eigenvalue weighted by atomic mass is 9.88. The molecule has 0 aliphatic carbocycles. The number of hydrogen-bond donors (Lipinski definition) is 0. The largest absolute Gasteiger partial charge is 0.457 e. The van der Waals surface area contributed by atoms with Crippen LogP contribution in [0.25, 0.3) is 44.4 Å². The Hall–Kier alpha value is -5.16. The van der Waals surface area contributed by atoms with E-state index in [0.29, 0.717) is 0 Å². The first-order chi connectivity index (χ1) is 22.7. The van der Waals surface area contributed by atoms with E-state index in [1.165, 1.54) is 38.7 Å². The number of ether oxygens (including phenoxy) is 1. The molecule has 0 N–H and O–H groups in total. The average Bonchev–Trinajstić information content (AvgIpc) is 3.60. The SMILES string of the molecule is CCc1nn(-c2cccc(Oc3ccc4c5cc(CC(C)(C)C)ccc5n(-c5cc(C)ccn5)c4c3)c2)c(CC)c1-c1ccccc1. The Bertz CT molecular complexity index is 2220. The van der Waals surface area contributed by atoms with Gasteiger partial charge in [0, 0.05) is 34.7 Å². The lowest BCUT2D eigenvalue weighted by molar-refractivity contribution is 0.411. The van der Waals surface area contributed by atoms with Crippen LogP contribution in [0.2, 0.25) is 0 Å². The monoisotopic (exact) mass is 618 g/mol. The zero-order chi connectivity index (χ0) is 32.7. The van der Waals surface area contributed by atoms with E-state index >= 15 is 0 Å². The molecule has 236 valence electrons. The Morgan fingerprint density at radius 3 is 2.28 bits per heavy atom. The number of hydrogen-bond acceptors (Lipinski definition) is 3. The van der Waals surface area contributed by atoms with Crippen molar-refractivity contribution < 1.29 is 4.74 Å². The van der Waals surface area contributed by atoms with E-state index in [9.17, 15) is 0 Å². The molecule has 0 spiro atoms. The van der Waals surface area contributed by atoms with Gasteiger partial charge in [0.05, 0.1) is 28.1 Å². The van der Waals surface area contributed by atoms with Gasteiger partial charge in [-0.15, -0.1) is 0 Å². The fraction of sp³-hybridized carbons (Fsp3) is 0.238. The first-order valence-electron chi connectivity index (χ1n) is 16.7. The number of pyridine rings is 1. The van der Waals surface area contributed by atoms with Crippen LogP contribution in [0.15, 0.2) is 109 Å². The fourth-order valence-corrected chi connectivity index (χ4v) is 6.77. The highest BCUT2D eigenvalue weighted by atomic mass is 16.5. The van der Waals surface area contributed by atoms with Crippen molar-refractivity contribution in [3.05, 3.63) is 132 Å². The molecular weight excluding hydrogens is 576 g/mol. The summed E-state index contributed by atoms with van der Waals surface area (Å²) < 4.78 is 10.9. The molecule has 5 heteroatoms. The minimum atomic E-state index is 0.203. The second kappa shape index (κ2) is 12.2. The topological polar surface area (TPSA) is 44.9 Å². The minimum Gasteiger partial charge on any atom is -0.457 e. The first-order valence-corrected chi connectivity index (χ1v) is 16.7. The molecule has 0 amide bonds. The van der Waals surface area contributed by atoms with Crippen molar-refractivity contribution in [2.45, 2.75) is 60.8 Å². The van der Waals surface area contributed by atoms with E-state index in [0.717, 1.165) is 59.0 Å². The molecule has 5 nitrogen and oxygen atoms in total. The normalized spacial score (nSPS) is 11.9. The molecule has 3 heterocycles. The molecule has 0 aliphatic heterocycles. The third kappa shape index (κ3) is 5.94. The van der Waals surface area contributed by atoms with Crippen LogP contribution < -0.4 is 4.74 Å². The Morgan fingerprint density at radius 1 is 0.723 bits per heavy atom. The summed E-state index contributed by atoms with van der Waals surface area (Å²) in [4.78, 5) is 4.79. The minimum absolute atomic E-state index is 0.203. The number of aryl methyl sites for hydroxylation is 2. The molecule has 0 aliphatic rings. The third-order valence-corrected chi connectivity index (χ3v) is 8.75. The standard InChI is InChI=1S/C42H42N4O/c1-7-36-41(30-13-10-9-11-14-30)37(8-2)46(44-36)31-15-12-16-32(25-31)47-33-18-19-34-35-24-29(27-42(4,5)6)17-20-38(35)45(39(34)26-33)40-23-28(3)21-22-43-40/h9-26H,7-8,27H2,1-6H3. The molecule has 47 heavy (non-hydrogen) atoms. The summed E-state index contributed by atoms with van der Waals surface area (Å²) in [6.45, 7) is 13.3. The van der Waals surface area contributed by atoms with Crippen LogP contribution in [0, 0.1) is 12.3 Å². The molecule has 0 radical (unpaired) electrons. The zero-order valence-electron chi connectivity index (χ0n) is 28.2. The van der Waals surface area contributed by atoms with Crippen LogP contribution in [-0.2, 0) is 19.3 Å². The molecule has 0 bridgehead atoms. The van der Waals surface area contributed by atoms with Crippen molar-refractivity contribution in [1.29, 1.82) is 0 Å². The molecule has 0 saturated heterocycles. The molecule has 0 fully saturated rings. The summed E-state index contributed by atoms with van der Waals surface area (Å²) in [5.74, 6) is 2.44. The van der Waals surface area contributed by atoms with Crippen LogP contribution in [-0.4, -0.2) is 19.3 Å². The van der Waals surface area contributed by atoms with Gasteiger partial charge in [-0.3, -0.25) is 4.57 Å². The van der Waals surface area contributed by atoms with E-state index in [1.807, 2.05) is 24.4 Å². The van der Waals surface area contributed by atoms with Crippen LogP contribution in [0.3, 0.4) is 0 Å². The van der Waals surface area contributed by atoms with Crippen LogP contribution in [0.5, 0.6) is 11.5 Å². The van der Waals surface area contributed by atoms with Gasteiger partial charge in [0.2, 0.25) is 0 Å². The van der Waals surface area contributed by atoms with Gasteiger partial charge in [0.15, 0.2) is 0 Å². The van der Waals surface area contributed by atoms with Gasteiger partial charge in [-0.05, 0) is 96.8 Å². The molecule has 4 aromatic carbocycles. The maximum Gasteiger partial charge on any atom is 0.137 e. The second-order valence-corrected chi connectivity index (χ2v) is 13.6. The number of aromatic nitrogens is 4. The van der Waals surface area contributed by atoms with Gasteiger partial charge in [-0.1, -0.05) is 77.1 Å². The quantitative estimate of drug-likeness (QED) is 0.170. The summed E-state index contributed by atoms with van der Waals surface area (Å²) in [5, 5.41) is 7.50. The second-order valence-electron chi connectivity index (χ2n) is 13.6. The summed E-state index contributed by atoms with van der Waals surface area (Å²) >= 11 is 0. The van der Waals surface area contributed by atoms with Crippen LogP contribution in [0.1, 0.15) is 57.1 Å². The van der Waals surface area contributed by atoms with Crippen LogP contribution >= 0.6 is 0 Å². The number of rotatable bonds is 8. The van der Waals surface area contributed by atoms with E-state index < -0.39 is 0 Å². The fourth-order valence-electron chi connectivity index (χ4n) is 6.77. The third-order valence-electron chi connectivity index (χ3n) is 8.75. The smallest absolute Gasteiger partial charge is 0.137 e. The van der Waals surface area contributed by atoms with Gasteiger partial charge in [0.1, 0.15) is 17.3 Å². The van der Waals surface area contributed by atoms with Crippen molar-refractivity contribution in [2.24, 2.45) is 5.41 Å². The van der Waals surface area contributed by atoms with Crippen molar-refractivity contribution >= 4 is 21.8 Å².